The van der Waals surface area contributed by atoms with Crippen LogP contribution in [-0.4, -0.2) is 5.71 Å². The first-order valence-corrected chi connectivity index (χ1v) is 8.11. The molecule has 0 saturated heterocycles. The zero-order valence-electron chi connectivity index (χ0n) is 12.6. The van der Waals surface area contributed by atoms with Gasteiger partial charge in [-0.25, -0.2) is 0 Å². The van der Waals surface area contributed by atoms with Gasteiger partial charge < -0.3 is 0 Å². The molecule has 0 saturated carbocycles. The highest BCUT2D eigenvalue weighted by atomic mass is 14.9. The van der Waals surface area contributed by atoms with Crippen LogP contribution < -0.4 is 0 Å². The molecule has 1 heteroatoms. The van der Waals surface area contributed by atoms with Gasteiger partial charge in [-0.2, -0.15) is 0 Å². The van der Waals surface area contributed by atoms with Gasteiger partial charge in [0.2, 0.25) is 0 Å². The monoisotopic (exact) mass is 275 g/mol. The van der Waals surface area contributed by atoms with Crippen LogP contribution in [0.15, 0.2) is 47.5 Å². The van der Waals surface area contributed by atoms with E-state index in [4.69, 9.17) is 4.99 Å². The second kappa shape index (κ2) is 4.84. The molecule has 106 valence electrons. The van der Waals surface area contributed by atoms with Crippen molar-refractivity contribution in [1.82, 2.24) is 0 Å². The average Bonchev–Trinajstić information content (AvgIpc) is 2.84. The molecular formula is C20H21N. The number of hydrogen-bond donors (Lipinski definition) is 0. The van der Waals surface area contributed by atoms with Crippen molar-refractivity contribution in [2.24, 2.45) is 4.99 Å². The molecule has 4 rings (SSSR count). The van der Waals surface area contributed by atoms with Gasteiger partial charge in [0.25, 0.3) is 0 Å². The Morgan fingerprint density at radius 1 is 1.05 bits per heavy atom. The lowest BCUT2D eigenvalue weighted by Crippen LogP contribution is -2.24. The smallest absolute Gasteiger partial charge is 0.0868 e. The molecule has 2 bridgehead atoms. The van der Waals surface area contributed by atoms with Gasteiger partial charge in [0, 0.05) is 5.71 Å². The summed E-state index contributed by atoms with van der Waals surface area (Å²) in [5.74, 6) is 0. The quantitative estimate of drug-likeness (QED) is 0.653. The third kappa shape index (κ3) is 1.95. The molecule has 2 aromatic rings. The summed E-state index contributed by atoms with van der Waals surface area (Å²) in [6, 6.07) is 13.3. The zero-order chi connectivity index (χ0) is 14.3. The topological polar surface area (TPSA) is 12.4 Å². The Hall–Kier alpha value is -1.89. The van der Waals surface area contributed by atoms with Crippen LogP contribution in [0.2, 0.25) is 0 Å². The van der Waals surface area contributed by atoms with Gasteiger partial charge >= 0.3 is 0 Å². The third-order valence-electron chi connectivity index (χ3n) is 5.10. The Bertz CT molecular complexity index is 754. The average molecular weight is 275 g/mol. The zero-order valence-corrected chi connectivity index (χ0v) is 12.6. The second-order valence-corrected chi connectivity index (χ2v) is 6.28. The maximum atomic E-state index is 5.25. The summed E-state index contributed by atoms with van der Waals surface area (Å²) in [6.45, 7) is 2.29. The van der Waals surface area contributed by atoms with Crippen LogP contribution in [0.3, 0.4) is 0 Å². The molecule has 2 aromatic carbocycles. The van der Waals surface area contributed by atoms with Crippen LogP contribution in [0.4, 0.5) is 0 Å². The first-order chi connectivity index (χ1) is 10.3. The minimum Gasteiger partial charge on any atom is -0.278 e. The van der Waals surface area contributed by atoms with Crippen molar-refractivity contribution < 1.29 is 0 Å². The van der Waals surface area contributed by atoms with E-state index in [9.17, 15) is 0 Å². The SMILES string of the molecule is CCC12CCCCC(=N1)C=Cc1ccc3ccccc3c12. The van der Waals surface area contributed by atoms with Crippen molar-refractivity contribution in [2.45, 2.75) is 44.6 Å². The summed E-state index contributed by atoms with van der Waals surface area (Å²) < 4.78 is 0. The summed E-state index contributed by atoms with van der Waals surface area (Å²) in [5.41, 5.74) is 4.08. The van der Waals surface area contributed by atoms with Crippen molar-refractivity contribution in [1.29, 1.82) is 0 Å². The first kappa shape index (κ1) is 12.8. The number of rotatable bonds is 1. The molecule has 0 N–H and O–H groups in total. The van der Waals surface area contributed by atoms with Gasteiger partial charge in [-0.05, 0) is 53.7 Å². The highest BCUT2D eigenvalue weighted by molar-refractivity contribution is 6.01. The van der Waals surface area contributed by atoms with Crippen molar-refractivity contribution in [2.75, 3.05) is 0 Å². The van der Waals surface area contributed by atoms with E-state index in [1.165, 1.54) is 46.9 Å². The second-order valence-electron chi connectivity index (χ2n) is 6.28. The number of aliphatic imine (C=N–C) groups is 1. The van der Waals surface area contributed by atoms with Gasteiger partial charge in [0.1, 0.15) is 0 Å². The van der Waals surface area contributed by atoms with Crippen LogP contribution in [0, 0.1) is 0 Å². The van der Waals surface area contributed by atoms with E-state index in [0.717, 1.165) is 12.8 Å². The van der Waals surface area contributed by atoms with Crippen molar-refractivity contribution in [3.63, 3.8) is 0 Å². The number of fused-ring (bicyclic) bond motifs is 5. The van der Waals surface area contributed by atoms with E-state index < -0.39 is 0 Å². The molecular weight excluding hydrogens is 254 g/mol. The molecule has 0 spiro atoms. The molecule has 0 aromatic heterocycles. The molecule has 0 radical (unpaired) electrons. The van der Waals surface area contributed by atoms with Gasteiger partial charge in [-0.15, -0.1) is 0 Å². The number of nitrogens with zero attached hydrogens (tertiary/aromatic N) is 1. The first-order valence-electron chi connectivity index (χ1n) is 8.11. The van der Waals surface area contributed by atoms with E-state index in [1.807, 2.05) is 0 Å². The fraction of sp³-hybridized carbons (Fsp3) is 0.350. The Morgan fingerprint density at radius 3 is 2.86 bits per heavy atom. The lowest BCUT2D eigenvalue weighted by atomic mass is 9.78. The predicted molar refractivity (Wildman–Crippen MR) is 90.9 cm³/mol. The van der Waals surface area contributed by atoms with Crippen molar-refractivity contribution >= 4 is 22.6 Å². The lowest BCUT2D eigenvalue weighted by molar-refractivity contribution is 0.394. The Labute approximate surface area is 126 Å². The summed E-state index contributed by atoms with van der Waals surface area (Å²) in [5, 5.41) is 2.72. The van der Waals surface area contributed by atoms with Gasteiger partial charge in [-0.3, -0.25) is 4.99 Å². The predicted octanol–water partition coefficient (Wildman–Crippen LogP) is 5.49. The standard InChI is InChI=1S/C20H21N/c1-2-20-14-6-5-8-17(21-20)13-12-16-11-10-15-7-3-4-9-18(15)19(16)20/h3-4,7,9-13H,2,5-6,8,14H2,1H3. The number of benzene rings is 2. The largest absolute Gasteiger partial charge is 0.278 e. The normalized spacial score (nSPS) is 24.1. The van der Waals surface area contributed by atoms with E-state index >= 15 is 0 Å². The lowest BCUT2D eigenvalue weighted by Gasteiger charge is -2.31. The van der Waals surface area contributed by atoms with E-state index in [0.29, 0.717) is 0 Å². The maximum absolute atomic E-state index is 5.25. The summed E-state index contributed by atoms with van der Waals surface area (Å²) in [4.78, 5) is 5.25. The van der Waals surface area contributed by atoms with Crippen molar-refractivity contribution in [3.8, 4) is 0 Å². The van der Waals surface area contributed by atoms with Gasteiger partial charge in [0.05, 0.1) is 5.54 Å². The third-order valence-corrected chi connectivity index (χ3v) is 5.10. The molecule has 2 aliphatic rings. The van der Waals surface area contributed by atoms with Gasteiger partial charge in [0.15, 0.2) is 0 Å². The Morgan fingerprint density at radius 2 is 1.95 bits per heavy atom. The highest BCUT2D eigenvalue weighted by Crippen LogP contribution is 2.44. The molecule has 0 aliphatic carbocycles. The Kier molecular flexibility index (Phi) is 2.95. The van der Waals surface area contributed by atoms with E-state index in [2.05, 4.69) is 55.5 Å². The molecule has 0 fully saturated rings. The summed E-state index contributed by atoms with van der Waals surface area (Å²) in [6.07, 6.45) is 10.5. The van der Waals surface area contributed by atoms with E-state index in [-0.39, 0.29) is 5.54 Å². The van der Waals surface area contributed by atoms with Crippen LogP contribution in [-0.2, 0) is 5.54 Å². The molecule has 1 atom stereocenters. The molecule has 2 heterocycles. The van der Waals surface area contributed by atoms with Crippen LogP contribution in [0.1, 0.15) is 50.2 Å². The molecule has 1 unspecified atom stereocenters. The van der Waals surface area contributed by atoms with Crippen LogP contribution >= 0.6 is 0 Å². The number of hydrogen-bond acceptors (Lipinski definition) is 1. The van der Waals surface area contributed by atoms with E-state index in [1.54, 1.807) is 0 Å². The minimum absolute atomic E-state index is 0.0223. The van der Waals surface area contributed by atoms with Gasteiger partial charge in [-0.1, -0.05) is 55.8 Å². The van der Waals surface area contributed by atoms with Crippen molar-refractivity contribution in [3.05, 3.63) is 53.6 Å². The Balaban J connectivity index is 2.09. The fourth-order valence-electron chi connectivity index (χ4n) is 3.98. The molecule has 21 heavy (non-hydrogen) atoms. The number of allylic oxidation sites excluding steroid dienone is 1. The van der Waals surface area contributed by atoms with Crippen LogP contribution in [0.25, 0.3) is 16.8 Å². The summed E-state index contributed by atoms with van der Waals surface area (Å²) in [7, 11) is 0. The summed E-state index contributed by atoms with van der Waals surface area (Å²) >= 11 is 0. The molecule has 2 aliphatic heterocycles. The van der Waals surface area contributed by atoms with Crippen LogP contribution in [0.5, 0.6) is 0 Å². The minimum atomic E-state index is -0.0223. The molecule has 1 nitrogen and oxygen atoms in total. The maximum Gasteiger partial charge on any atom is 0.0868 e. The highest BCUT2D eigenvalue weighted by Gasteiger charge is 2.35. The molecule has 0 amide bonds. The fourth-order valence-corrected chi connectivity index (χ4v) is 3.98.